The molecule has 0 radical (unpaired) electrons. The first-order chi connectivity index (χ1) is 9.06. The van der Waals surface area contributed by atoms with Crippen LogP contribution in [0.1, 0.15) is 25.3 Å². The van der Waals surface area contributed by atoms with Gasteiger partial charge in [-0.25, -0.2) is 5.43 Å². The Bertz CT molecular complexity index is 510. The molecule has 4 nitrogen and oxygen atoms in total. The highest BCUT2D eigenvalue weighted by Gasteiger charge is 2.24. The summed E-state index contributed by atoms with van der Waals surface area (Å²) in [5.74, 6) is 1.01. The minimum absolute atomic E-state index is 0.0253. The summed E-state index contributed by atoms with van der Waals surface area (Å²) in [4.78, 5) is 11.6. The zero-order valence-electron chi connectivity index (χ0n) is 11.1. The van der Waals surface area contributed by atoms with Crippen LogP contribution >= 0.6 is 15.9 Å². The summed E-state index contributed by atoms with van der Waals surface area (Å²) in [6.07, 6.45) is 2.36. The van der Waals surface area contributed by atoms with Crippen molar-refractivity contribution in [1.29, 1.82) is 0 Å². The average Bonchev–Trinajstić information content (AvgIpc) is 3.21. The SMILES string of the molecule is CC(=NNC(=O)COc1ccc(Br)c(C)c1)C1CC1. The van der Waals surface area contributed by atoms with Crippen molar-refractivity contribution in [2.24, 2.45) is 11.0 Å². The second-order valence-corrected chi connectivity index (χ2v) is 5.62. The minimum atomic E-state index is -0.236. The van der Waals surface area contributed by atoms with Crippen molar-refractivity contribution in [1.82, 2.24) is 5.43 Å². The lowest BCUT2D eigenvalue weighted by Crippen LogP contribution is -2.25. The van der Waals surface area contributed by atoms with Gasteiger partial charge in [-0.2, -0.15) is 5.10 Å². The molecule has 1 saturated carbocycles. The molecule has 1 aromatic rings. The maximum absolute atomic E-state index is 11.6. The second-order valence-electron chi connectivity index (χ2n) is 4.76. The molecule has 1 amide bonds. The fourth-order valence-electron chi connectivity index (χ4n) is 1.63. The van der Waals surface area contributed by atoms with Gasteiger partial charge in [0.05, 0.1) is 0 Å². The second kappa shape index (κ2) is 6.19. The third kappa shape index (κ3) is 4.35. The first-order valence-corrected chi connectivity index (χ1v) is 7.07. The van der Waals surface area contributed by atoms with Crippen molar-refractivity contribution < 1.29 is 9.53 Å². The molecular formula is C14H17BrN2O2. The molecular weight excluding hydrogens is 308 g/mol. The standard InChI is InChI=1S/C14H17BrN2O2/c1-9-7-12(5-6-13(9)15)19-8-14(18)17-16-10(2)11-3-4-11/h5-7,11H,3-4,8H2,1-2H3,(H,17,18). The van der Waals surface area contributed by atoms with Crippen LogP contribution in [0.3, 0.4) is 0 Å². The van der Waals surface area contributed by atoms with Crippen LogP contribution in [-0.4, -0.2) is 18.2 Å². The Morgan fingerprint density at radius 3 is 2.89 bits per heavy atom. The van der Waals surface area contributed by atoms with E-state index in [4.69, 9.17) is 4.74 Å². The van der Waals surface area contributed by atoms with Gasteiger partial charge in [-0.1, -0.05) is 15.9 Å². The van der Waals surface area contributed by atoms with Gasteiger partial charge in [0.1, 0.15) is 5.75 Å². The molecule has 2 rings (SSSR count). The molecule has 0 saturated heterocycles. The van der Waals surface area contributed by atoms with Gasteiger partial charge in [-0.05, 0) is 56.4 Å². The predicted molar refractivity (Wildman–Crippen MR) is 78.3 cm³/mol. The van der Waals surface area contributed by atoms with Crippen molar-refractivity contribution in [3.8, 4) is 5.75 Å². The zero-order valence-corrected chi connectivity index (χ0v) is 12.7. The van der Waals surface area contributed by atoms with Crippen LogP contribution in [0.5, 0.6) is 5.75 Å². The Labute approximate surface area is 121 Å². The molecule has 0 atom stereocenters. The van der Waals surface area contributed by atoms with Crippen molar-refractivity contribution in [3.63, 3.8) is 0 Å². The highest BCUT2D eigenvalue weighted by atomic mass is 79.9. The van der Waals surface area contributed by atoms with Crippen LogP contribution in [0.4, 0.5) is 0 Å². The largest absolute Gasteiger partial charge is 0.484 e. The lowest BCUT2D eigenvalue weighted by molar-refractivity contribution is -0.123. The summed E-state index contributed by atoms with van der Waals surface area (Å²) in [5, 5.41) is 4.06. The number of ether oxygens (including phenoxy) is 1. The minimum Gasteiger partial charge on any atom is -0.484 e. The van der Waals surface area contributed by atoms with Gasteiger partial charge in [0, 0.05) is 10.2 Å². The van der Waals surface area contributed by atoms with Gasteiger partial charge in [0.2, 0.25) is 0 Å². The molecule has 1 aromatic carbocycles. The van der Waals surface area contributed by atoms with E-state index in [0.29, 0.717) is 11.7 Å². The Balaban J connectivity index is 1.79. The molecule has 0 aromatic heterocycles. The third-order valence-corrected chi connectivity index (χ3v) is 3.91. The Kier molecular flexibility index (Phi) is 4.58. The normalized spacial score (nSPS) is 15.2. The molecule has 0 bridgehead atoms. The number of hydrazone groups is 1. The molecule has 1 aliphatic carbocycles. The van der Waals surface area contributed by atoms with E-state index in [9.17, 15) is 4.79 Å². The Morgan fingerprint density at radius 1 is 1.53 bits per heavy atom. The fraction of sp³-hybridized carbons (Fsp3) is 0.429. The number of carbonyl (C=O) groups excluding carboxylic acids is 1. The van der Waals surface area contributed by atoms with Crippen LogP contribution in [0.2, 0.25) is 0 Å². The smallest absolute Gasteiger partial charge is 0.277 e. The summed E-state index contributed by atoms with van der Waals surface area (Å²) in [6.45, 7) is 3.89. The predicted octanol–water partition coefficient (Wildman–Crippen LogP) is 3.04. The van der Waals surface area contributed by atoms with Gasteiger partial charge in [-0.15, -0.1) is 0 Å². The first-order valence-electron chi connectivity index (χ1n) is 6.28. The van der Waals surface area contributed by atoms with E-state index in [1.54, 1.807) is 0 Å². The number of halogens is 1. The molecule has 1 aliphatic rings. The first kappa shape index (κ1) is 14.1. The number of amides is 1. The summed E-state index contributed by atoms with van der Waals surface area (Å²) in [5.41, 5.74) is 4.58. The number of nitrogens with one attached hydrogen (secondary N) is 1. The fourth-order valence-corrected chi connectivity index (χ4v) is 1.88. The number of aryl methyl sites for hydroxylation is 1. The number of rotatable bonds is 5. The van der Waals surface area contributed by atoms with E-state index in [0.717, 1.165) is 15.7 Å². The number of carbonyl (C=O) groups is 1. The highest BCUT2D eigenvalue weighted by Crippen LogP contribution is 2.30. The molecule has 102 valence electrons. The maximum Gasteiger partial charge on any atom is 0.277 e. The molecule has 5 heteroatoms. The average molecular weight is 325 g/mol. The van der Waals surface area contributed by atoms with Crippen LogP contribution in [0.25, 0.3) is 0 Å². The molecule has 0 aliphatic heterocycles. The molecule has 1 N–H and O–H groups in total. The number of nitrogens with zero attached hydrogens (tertiary/aromatic N) is 1. The van der Waals surface area contributed by atoms with Crippen molar-refractivity contribution in [3.05, 3.63) is 28.2 Å². The van der Waals surface area contributed by atoms with Gasteiger partial charge in [0.25, 0.3) is 5.91 Å². The summed E-state index contributed by atoms with van der Waals surface area (Å²) < 4.78 is 6.43. The van der Waals surface area contributed by atoms with E-state index in [1.807, 2.05) is 32.0 Å². The lowest BCUT2D eigenvalue weighted by Gasteiger charge is -2.07. The monoisotopic (exact) mass is 324 g/mol. The Morgan fingerprint density at radius 2 is 2.26 bits per heavy atom. The summed E-state index contributed by atoms with van der Waals surface area (Å²) in [7, 11) is 0. The van der Waals surface area contributed by atoms with Crippen LogP contribution in [0.15, 0.2) is 27.8 Å². The molecule has 19 heavy (non-hydrogen) atoms. The van der Waals surface area contributed by atoms with E-state index in [1.165, 1.54) is 12.8 Å². The molecule has 0 spiro atoms. The van der Waals surface area contributed by atoms with Crippen molar-refractivity contribution >= 4 is 27.5 Å². The van der Waals surface area contributed by atoms with E-state index < -0.39 is 0 Å². The lowest BCUT2D eigenvalue weighted by atomic mass is 10.2. The zero-order chi connectivity index (χ0) is 13.8. The van der Waals surface area contributed by atoms with Crippen LogP contribution in [-0.2, 0) is 4.79 Å². The topological polar surface area (TPSA) is 50.7 Å². The van der Waals surface area contributed by atoms with Gasteiger partial charge in [0.15, 0.2) is 6.61 Å². The van der Waals surface area contributed by atoms with E-state index in [-0.39, 0.29) is 12.5 Å². The molecule has 0 heterocycles. The molecule has 0 unspecified atom stereocenters. The number of hydrogen-bond acceptors (Lipinski definition) is 3. The highest BCUT2D eigenvalue weighted by molar-refractivity contribution is 9.10. The Hall–Kier alpha value is -1.36. The van der Waals surface area contributed by atoms with Crippen LogP contribution < -0.4 is 10.2 Å². The summed E-state index contributed by atoms with van der Waals surface area (Å²) >= 11 is 3.42. The van der Waals surface area contributed by atoms with Gasteiger partial charge >= 0.3 is 0 Å². The van der Waals surface area contributed by atoms with Crippen molar-refractivity contribution in [2.75, 3.05) is 6.61 Å². The third-order valence-electron chi connectivity index (χ3n) is 3.02. The number of hydrogen-bond donors (Lipinski definition) is 1. The van der Waals surface area contributed by atoms with Crippen LogP contribution in [0, 0.1) is 12.8 Å². The summed E-state index contributed by atoms with van der Waals surface area (Å²) in [6, 6.07) is 5.61. The van der Waals surface area contributed by atoms with Gasteiger partial charge in [-0.3, -0.25) is 4.79 Å². The van der Waals surface area contributed by atoms with Crippen molar-refractivity contribution in [2.45, 2.75) is 26.7 Å². The molecule has 1 fully saturated rings. The quantitative estimate of drug-likeness (QED) is 0.668. The van der Waals surface area contributed by atoms with E-state index >= 15 is 0 Å². The maximum atomic E-state index is 11.6. The van der Waals surface area contributed by atoms with Gasteiger partial charge < -0.3 is 4.74 Å². The number of benzene rings is 1. The van der Waals surface area contributed by atoms with E-state index in [2.05, 4.69) is 26.5 Å².